The molecule has 8 nitrogen and oxygen atoms in total. The third-order valence-corrected chi connectivity index (χ3v) is 5.39. The number of aromatic nitrogens is 3. The summed E-state index contributed by atoms with van der Waals surface area (Å²) in [5, 5.41) is 10.9. The second kappa shape index (κ2) is 8.03. The fraction of sp³-hybridized carbons (Fsp3) is 0.625. The van der Waals surface area contributed by atoms with Crippen LogP contribution in [0.2, 0.25) is 0 Å². The van der Waals surface area contributed by atoms with Gasteiger partial charge in [-0.25, -0.2) is 4.68 Å². The molecular weight excluding hydrogens is 342 g/mol. The number of ether oxygens (including phenoxy) is 1. The number of nitrogens with one attached hydrogen (secondary N) is 1. The van der Waals surface area contributed by atoms with Crippen LogP contribution in [0.4, 0.5) is 0 Å². The van der Waals surface area contributed by atoms with Crippen molar-refractivity contribution in [3.63, 3.8) is 0 Å². The van der Waals surface area contributed by atoms with E-state index in [4.69, 9.17) is 4.74 Å². The molecule has 1 fully saturated rings. The number of hydrogen-bond donors (Lipinski definition) is 1. The Balaban J connectivity index is 1.64. The minimum atomic E-state index is -0.188. The van der Waals surface area contributed by atoms with Crippen LogP contribution in [0.1, 0.15) is 28.6 Å². The lowest BCUT2D eigenvalue weighted by Crippen LogP contribution is -2.38. The summed E-state index contributed by atoms with van der Waals surface area (Å²) in [5.41, 5.74) is 0.689. The monoisotopic (exact) mass is 365 g/mol. The average molecular weight is 365 g/mol. The molecule has 2 aromatic rings. The molecule has 0 unspecified atom stereocenters. The van der Waals surface area contributed by atoms with E-state index in [2.05, 4.69) is 20.5 Å². The van der Waals surface area contributed by atoms with Crippen LogP contribution >= 0.6 is 11.3 Å². The summed E-state index contributed by atoms with van der Waals surface area (Å²) in [5.74, 6) is -0.186. The zero-order chi connectivity index (χ0) is 17.8. The molecule has 0 spiro atoms. The van der Waals surface area contributed by atoms with E-state index in [9.17, 15) is 9.59 Å². The van der Waals surface area contributed by atoms with E-state index in [1.807, 2.05) is 13.8 Å². The number of amides is 1. The summed E-state index contributed by atoms with van der Waals surface area (Å²) >= 11 is 1.31. The Bertz CT molecular complexity index is 810. The summed E-state index contributed by atoms with van der Waals surface area (Å²) in [6.45, 7) is 9.11. The normalized spacial score (nSPS) is 15.6. The van der Waals surface area contributed by atoms with Crippen molar-refractivity contribution in [3.05, 3.63) is 20.8 Å². The van der Waals surface area contributed by atoms with Gasteiger partial charge < -0.3 is 10.1 Å². The fourth-order valence-electron chi connectivity index (χ4n) is 2.92. The van der Waals surface area contributed by atoms with Gasteiger partial charge in [0.2, 0.25) is 0 Å². The Kier molecular flexibility index (Phi) is 5.77. The number of morpholine rings is 1. The van der Waals surface area contributed by atoms with E-state index < -0.39 is 0 Å². The number of rotatable bonds is 6. The zero-order valence-electron chi connectivity index (χ0n) is 14.6. The molecule has 2 aromatic heterocycles. The maximum absolute atomic E-state index is 12.5. The summed E-state index contributed by atoms with van der Waals surface area (Å²) in [6.07, 6.45) is 0.876. The number of carbonyl (C=O) groups excluding carboxylic acids is 1. The molecule has 3 rings (SSSR count). The molecule has 1 N–H and O–H groups in total. The van der Waals surface area contributed by atoms with Gasteiger partial charge in [0.1, 0.15) is 10.2 Å². The molecule has 1 saturated heterocycles. The Labute approximate surface area is 149 Å². The van der Waals surface area contributed by atoms with Crippen molar-refractivity contribution < 1.29 is 9.53 Å². The van der Waals surface area contributed by atoms with Gasteiger partial charge in [-0.2, -0.15) is 0 Å². The number of aryl methyl sites for hydroxylation is 2. The first kappa shape index (κ1) is 18.0. The lowest BCUT2D eigenvalue weighted by atomic mass is 10.2. The van der Waals surface area contributed by atoms with E-state index in [1.54, 1.807) is 0 Å². The molecule has 1 amide bonds. The molecule has 3 heterocycles. The standard InChI is InChI=1S/C16H23N5O3S/c1-3-21-16(23)14-13(18-19-21)12(11(2)25-14)15(22)17-5-4-6-20-7-9-24-10-8-20/h3-10H2,1-2H3,(H,17,22). The number of fused-ring (bicyclic) bond motifs is 1. The van der Waals surface area contributed by atoms with Gasteiger partial charge in [-0.1, -0.05) is 5.21 Å². The third kappa shape index (κ3) is 3.88. The first-order valence-electron chi connectivity index (χ1n) is 8.57. The predicted octanol–water partition coefficient (Wildman–Crippen LogP) is 0.633. The van der Waals surface area contributed by atoms with E-state index in [-0.39, 0.29) is 11.5 Å². The van der Waals surface area contributed by atoms with E-state index in [0.717, 1.165) is 44.1 Å². The molecule has 0 aromatic carbocycles. The van der Waals surface area contributed by atoms with Crippen LogP contribution < -0.4 is 10.9 Å². The Hall–Kier alpha value is -1.84. The smallest absolute Gasteiger partial charge is 0.287 e. The highest BCUT2D eigenvalue weighted by Crippen LogP contribution is 2.26. The Morgan fingerprint density at radius 1 is 1.36 bits per heavy atom. The second-order valence-corrected chi connectivity index (χ2v) is 7.21. The van der Waals surface area contributed by atoms with E-state index >= 15 is 0 Å². The van der Waals surface area contributed by atoms with Gasteiger partial charge in [0.15, 0.2) is 0 Å². The third-order valence-electron chi connectivity index (χ3n) is 4.31. The molecule has 9 heteroatoms. The molecule has 0 aliphatic carbocycles. The highest BCUT2D eigenvalue weighted by molar-refractivity contribution is 7.19. The molecule has 0 atom stereocenters. The molecule has 1 aliphatic heterocycles. The predicted molar refractivity (Wildman–Crippen MR) is 96.3 cm³/mol. The van der Waals surface area contributed by atoms with Crippen molar-refractivity contribution in [2.24, 2.45) is 0 Å². The lowest BCUT2D eigenvalue weighted by molar-refractivity contribution is 0.0374. The second-order valence-electron chi connectivity index (χ2n) is 5.98. The van der Waals surface area contributed by atoms with Gasteiger partial charge in [-0.05, 0) is 26.8 Å². The van der Waals surface area contributed by atoms with Crippen molar-refractivity contribution >= 4 is 27.5 Å². The summed E-state index contributed by atoms with van der Waals surface area (Å²) in [7, 11) is 0. The largest absolute Gasteiger partial charge is 0.379 e. The van der Waals surface area contributed by atoms with Crippen LogP contribution in [0, 0.1) is 6.92 Å². The van der Waals surface area contributed by atoms with Crippen molar-refractivity contribution in [3.8, 4) is 0 Å². The Morgan fingerprint density at radius 3 is 2.84 bits per heavy atom. The summed E-state index contributed by atoms with van der Waals surface area (Å²) < 4.78 is 7.12. The molecule has 0 radical (unpaired) electrons. The van der Waals surface area contributed by atoms with Crippen LogP contribution in [0.15, 0.2) is 4.79 Å². The first-order valence-corrected chi connectivity index (χ1v) is 9.38. The number of carbonyl (C=O) groups is 1. The van der Waals surface area contributed by atoms with E-state index in [1.165, 1.54) is 16.0 Å². The van der Waals surface area contributed by atoms with Crippen molar-refractivity contribution in [2.75, 3.05) is 39.4 Å². The van der Waals surface area contributed by atoms with Gasteiger partial charge >= 0.3 is 0 Å². The summed E-state index contributed by atoms with van der Waals surface area (Å²) in [6, 6.07) is 0. The molecule has 0 saturated carbocycles. The molecule has 25 heavy (non-hydrogen) atoms. The van der Waals surface area contributed by atoms with Gasteiger partial charge in [0, 0.05) is 31.1 Å². The average Bonchev–Trinajstić information content (AvgIpc) is 2.97. The molecule has 136 valence electrons. The number of hydrogen-bond acceptors (Lipinski definition) is 7. The van der Waals surface area contributed by atoms with Crippen LogP contribution in [-0.2, 0) is 11.3 Å². The molecule has 0 bridgehead atoms. The van der Waals surface area contributed by atoms with Crippen LogP contribution in [0.25, 0.3) is 10.2 Å². The topological polar surface area (TPSA) is 89.3 Å². The lowest BCUT2D eigenvalue weighted by Gasteiger charge is -2.26. The van der Waals surface area contributed by atoms with Crippen LogP contribution in [0.3, 0.4) is 0 Å². The first-order chi connectivity index (χ1) is 12.1. The molecular formula is C16H23N5O3S. The van der Waals surface area contributed by atoms with Crippen molar-refractivity contribution in [2.45, 2.75) is 26.8 Å². The van der Waals surface area contributed by atoms with Gasteiger partial charge in [0.05, 0.1) is 18.8 Å². The fourth-order valence-corrected chi connectivity index (χ4v) is 3.95. The van der Waals surface area contributed by atoms with Crippen LogP contribution in [0.5, 0.6) is 0 Å². The van der Waals surface area contributed by atoms with E-state index in [0.29, 0.717) is 28.9 Å². The van der Waals surface area contributed by atoms with Crippen molar-refractivity contribution in [1.82, 2.24) is 25.2 Å². The van der Waals surface area contributed by atoms with Crippen molar-refractivity contribution in [1.29, 1.82) is 0 Å². The Morgan fingerprint density at radius 2 is 2.12 bits per heavy atom. The SMILES string of the molecule is CCn1nnc2c(C(=O)NCCCN3CCOCC3)c(C)sc2c1=O. The molecule has 1 aliphatic rings. The minimum absolute atomic E-state index is 0.186. The van der Waals surface area contributed by atoms with Gasteiger partial charge in [0.25, 0.3) is 11.5 Å². The van der Waals surface area contributed by atoms with Gasteiger partial charge in [-0.3, -0.25) is 14.5 Å². The maximum Gasteiger partial charge on any atom is 0.287 e. The highest BCUT2D eigenvalue weighted by atomic mass is 32.1. The van der Waals surface area contributed by atoms with Crippen LogP contribution in [-0.4, -0.2) is 65.2 Å². The quantitative estimate of drug-likeness (QED) is 0.756. The minimum Gasteiger partial charge on any atom is -0.379 e. The zero-order valence-corrected chi connectivity index (χ0v) is 15.4. The summed E-state index contributed by atoms with van der Waals surface area (Å²) in [4.78, 5) is 28.0. The number of nitrogens with zero attached hydrogens (tertiary/aromatic N) is 4. The maximum atomic E-state index is 12.5. The highest BCUT2D eigenvalue weighted by Gasteiger charge is 2.20. The van der Waals surface area contributed by atoms with Gasteiger partial charge in [-0.15, -0.1) is 16.4 Å². The number of thiophene rings is 1.